The predicted molar refractivity (Wildman–Crippen MR) is 65.6 cm³/mol. The lowest BCUT2D eigenvalue weighted by atomic mass is 10.3. The van der Waals surface area contributed by atoms with Gasteiger partial charge in [-0.1, -0.05) is 16.8 Å². The van der Waals surface area contributed by atoms with Crippen LogP contribution in [0, 0.1) is 0 Å². The maximum Gasteiger partial charge on any atom is 0.292 e. The lowest BCUT2D eigenvalue weighted by molar-refractivity contribution is 0.101. The Morgan fingerprint density at radius 3 is 3.06 bits per heavy atom. The number of aromatic amines is 1. The Morgan fingerprint density at radius 2 is 2.28 bits per heavy atom. The number of nitrogens with zero attached hydrogens (tertiary/aromatic N) is 2. The van der Waals surface area contributed by atoms with E-state index in [1.54, 1.807) is 18.2 Å². The number of amides is 1. The third-order valence-corrected chi connectivity index (χ3v) is 2.57. The molecule has 3 rings (SSSR count). The molecule has 3 aromatic rings. The molecule has 90 valence electrons. The summed E-state index contributed by atoms with van der Waals surface area (Å²) in [5.74, 6) is 0.130. The smallest absolute Gasteiger partial charge is 0.292 e. The van der Waals surface area contributed by atoms with Gasteiger partial charge in [-0.05, 0) is 18.2 Å². The monoisotopic (exact) mass is 262 g/mol. The van der Waals surface area contributed by atoms with E-state index in [-0.39, 0.29) is 5.82 Å². The summed E-state index contributed by atoms with van der Waals surface area (Å²) in [5, 5.41) is 6.70. The number of H-pyrrole nitrogens is 1. The lowest BCUT2D eigenvalue weighted by Crippen LogP contribution is -2.13. The predicted octanol–water partition coefficient (Wildman–Crippen LogP) is 2.46. The molecule has 18 heavy (non-hydrogen) atoms. The van der Waals surface area contributed by atoms with E-state index in [2.05, 4.69) is 25.0 Å². The largest absolute Gasteiger partial charge is 0.363 e. The fraction of sp³-hybridized carbons (Fsp3) is 0. The number of halogens is 1. The summed E-state index contributed by atoms with van der Waals surface area (Å²) in [4.78, 5) is 18.9. The highest BCUT2D eigenvalue weighted by molar-refractivity contribution is 6.31. The quantitative estimate of drug-likeness (QED) is 0.743. The number of imidazole rings is 1. The minimum Gasteiger partial charge on any atom is -0.363 e. The molecule has 0 saturated heterocycles. The molecular weight excluding hydrogens is 256 g/mol. The van der Waals surface area contributed by atoms with Gasteiger partial charge in [-0.3, -0.25) is 4.79 Å². The number of hydrogen-bond acceptors (Lipinski definition) is 4. The number of carbonyl (C=O) groups excluding carboxylic acids is 1. The van der Waals surface area contributed by atoms with Crippen molar-refractivity contribution in [1.29, 1.82) is 0 Å². The van der Waals surface area contributed by atoms with Crippen molar-refractivity contribution in [3.8, 4) is 0 Å². The van der Waals surface area contributed by atoms with Crippen LogP contribution < -0.4 is 5.32 Å². The Kier molecular flexibility index (Phi) is 2.49. The highest BCUT2D eigenvalue weighted by atomic mass is 35.5. The van der Waals surface area contributed by atoms with Crippen molar-refractivity contribution in [3.05, 3.63) is 41.4 Å². The van der Waals surface area contributed by atoms with Crippen molar-refractivity contribution in [1.82, 2.24) is 15.1 Å². The van der Waals surface area contributed by atoms with E-state index >= 15 is 0 Å². The van der Waals surface area contributed by atoms with Crippen molar-refractivity contribution in [3.63, 3.8) is 0 Å². The van der Waals surface area contributed by atoms with Crippen molar-refractivity contribution in [2.75, 3.05) is 5.32 Å². The molecule has 0 fully saturated rings. The number of rotatable bonds is 2. The number of benzene rings is 1. The van der Waals surface area contributed by atoms with Crippen LogP contribution >= 0.6 is 11.6 Å². The first-order chi connectivity index (χ1) is 8.72. The zero-order valence-corrected chi connectivity index (χ0v) is 9.73. The van der Waals surface area contributed by atoms with Gasteiger partial charge in [0.25, 0.3) is 5.91 Å². The Labute approximate surface area is 106 Å². The summed E-state index contributed by atoms with van der Waals surface area (Å²) in [6.07, 6.45) is 1.37. The molecular formula is C11H7ClN4O2. The molecule has 7 heteroatoms. The van der Waals surface area contributed by atoms with Crippen LogP contribution in [0.25, 0.3) is 11.0 Å². The number of aromatic nitrogens is 3. The summed E-state index contributed by atoms with van der Waals surface area (Å²) >= 11 is 5.85. The van der Waals surface area contributed by atoms with Gasteiger partial charge >= 0.3 is 0 Å². The topological polar surface area (TPSA) is 83.8 Å². The van der Waals surface area contributed by atoms with Crippen LogP contribution in [-0.2, 0) is 0 Å². The van der Waals surface area contributed by atoms with E-state index in [0.29, 0.717) is 21.9 Å². The fourth-order valence-electron chi connectivity index (χ4n) is 1.54. The molecule has 1 amide bonds. The van der Waals surface area contributed by atoms with E-state index < -0.39 is 5.91 Å². The van der Waals surface area contributed by atoms with Gasteiger partial charge in [0.15, 0.2) is 11.6 Å². The molecule has 0 aliphatic rings. The first-order valence-electron chi connectivity index (χ1n) is 5.09. The molecule has 0 spiro atoms. The molecule has 1 aromatic carbocycles. The van der Waals surface area contributed by atoms with Gasteiger partial charge in [0.2, 0.25) is 0 Å². The molecule has 2 N–H and O–H groups in total. The second kappa shape index (κ2) is 4.15. The molecule has 2 aromatic heterocycles. The summed E-state index contributed by atoms with van der Waals surface area (Å²) in [6, 6.07) is 6.69. The lowest BCUT2D eigenvalue weighted by Gasteiger charge is -1.95. The molecule has 0 saturated carbocycles. The Balaban J connectivity index is 1.92. The number of fused-ring (bicyclic) bond motifs is 1. The Morgan fingerprint density at radius 1 is 1.39 bits per heavy atom. The van der Waals surface area contributed by atoms with Gasteiger partial charge in [-0.15, -0.1) is 0 Å². The first kappa shape index (κ1) is 10.8. The van der Waals surface area contributed by atoms with Gasteiger partial charge in [0.1, 0.15) is 6.26 Å². The SMILES string of the molecule is O=C(Nc1ccon1)c1nc2ccc(Cl)cc2[nH]1. The zero-order valence-electron chi connectivity index (χ0n) is 8.98. The standard InChI is InChI=1S/C11H7ClN4O2/c12-6-1-2-7-8(5-6)14-10(13-7)11(17)15-9-3-4-18-16-9/h1-5H,(H,13,14)(H,15,16,17). The van der Waals surface area contributed by atoms with Gasteiger partial charge in [0.05, 0.1) is 11.0 Å². The third-order valence-electron chi connectivity index (χ3n) is 2.34. The summed E-state index contributed by atoms with van der Waals surface area (Å²) < 4.78 is 4.61. The third kappa shape index (κ3) is 1.93. The normalized spacial score (nSPS) is 10.7. The number of nitrogens with one attached hydrogen (secondary N) is 2. The van der Waals surface area contributed by atoms with Crippen LogP contribution in [0.2, 0.25) is 5.02 Å². The second-order valence-corrected chi connectivity index (χ2v) is 4.02. The maximum absolute atomic E-state index is 11.8. The van der Waals surface area contributed by atoms with Crippen LogP contribution in [0.3, 0.4) is 0 Å². The number of hydrogen-bond donors (Lipinski definition) is 2. The van der Waals surface area contributed by atoms with Crippen molar-refractivity contribution in [2.24, 2.45) is 0 Å². The van der Waals surface area contributed by atoms with Crippen LogP contribution in [-0.4, -0.2) is 21.0 Å². The summed E-state index contributed by atoms with van der Waals surface area (Å²) in [5.41, 5.74) is 1.37. The summed E-state index contributed by atoms with van der Waals surface area (Å²) in [7, 11) is 0. The zero-order chi connectivity index (χ0) is 12.5. The van der Waals surface area contributed by atoms with Crippen LogP contribution in [0.5, 0.6) is 0 Å². The number of anilines is 1. The van der Waals surface area contributed by atoms with Gasteiger partial charge < -0.3 is 14.8 Å². The average Bonchev–Trinajstić information content (AvgIpc) is 2.96. The molecule has 0 atom stereocenters. The fourth-order valence-corrected chi connectivity index (χ4v) is 1.71. The van der Waals surface area contributed by atoms with Crippen molar-refractivity contribution < 1.29 is 9.32 Å². The molecule has 6 nitrogen and oxygen atoms in total. The van der Waals surface area contributed by atoms with E-state index in [1.807, 2.05) is 0 Å². The Bertz CT molecular complexity index is 705. The molecule has 0 unspecified atom stereocenters. The van der Waals surface area contributed by atoms with E-state index in [1.165, 1.54) is 12.3 Å². The van der Waals surface area contributed by atoms with Gasteiger partial charge in [0, 0.05) is 11.1 Å². The van der Waals surface area contributed by atoms with Crippen molar-refractivity contribution in [2.45, 2.75) is 0 Å². The molecule has 0 radical (unpaired) electrons. The van der Waals surface area contributed by atoms with Gasteiger partial charge in [-0.25, -0.2) is 4.98 Å². The van der Waals surface area contributed by atoms with E-state index in [0.717, 1.165) is 0 Å². The van der Waals surface area contributed by atoms with Crippen LogP contribution in [0.15, 0.2) is 35.1 Å². The molecule has 2 heterocycles. The number of carbonyl (C=O) groups is 1. The van der Waals surface area contributed by atoms with Gasteiger partial charge in [-0.2, -0.15) is 0 Å². The first-order valence-corrected chi connectivity index (χ1v) is 5.47. The molecule has 0 bridgehead atoms. The maximum atomic E-state index is 11.8. The minimum absolute atomic E-state index is 0.190. The second-order valence-electron chi connectivity index (χ2n) is 3.59. The molecule has 0 aliphatic carbocycles. The van der Waals surface area contributed by atoms with Crippen molar-refractivity contribution >= 4 is 34.4 Å². The van der Waals surface area contributed by atoms with E-state index in [4.69, 9.17) is 11.6 Å². The van der Waals surface area contributed by atoms with E-state index in [9.17, 15) is 4.79 Å². The highest BCUT2D eigenvalue weighted by Gasteiger charge is 2.12. The van der Waals surface area contributed by atoms with Crippen LogP contribution in [0.4, 0.5) is 5.82 Å². The average molecular weight is 263 g/mol. The molecule has 0 aliphatic heterocycles. The summed E-state index contributed by atoms with van der Waals surface area (Å²) in [6.45, 7) is 0. The minimum atomic E-state index is -0.392. The van der Waals surface area contributed by atoms with Crippen LogP contribution in [0.1, 0.15) is 10.6 Å². The highest BCUT2D eigenvalue weighted by Crippen LogP contribution is 2.17. The Hall–Kier alpha value is -2.34.